The van der Waals surface area contributed by atoms with Crippen LogP contribution in [-0.2, 0) is 20.7 Å². The maximum absolute atomic E-state index is 12.9. The second kappa shape index (κ2) is 10.1. The van der Waals surface area contributed by atoms with E-state index in [-0.39, 0.29) is 42.4 Å². The van der Waals surface area contributed by atoms with Crippen LogP contribution in [0.5, 0.6) is 11.5 Å². The Bertz CT molecular complexity index is 1140. The Morgan fingerprint density at radius 1 is 1.12 bits per heavy atom. The number of carbonyl (C=O) groups excluding carboxylic acids is 3. The molecule has 0 atom stereocenters. The van der Waals surface area contributed by atoms with Crippen molar-refractivity contribution in [3.05, 3.63) is 50.2 Å². The van der Waals surface area contributed by atoms with Gasteiger partial charge in [0.2, 0.25) is 6.79 Å². The number of thiophene rings is 1. The van der Waals surface area contributed by atoms with Gasteiger partial charge in [0.05, 0.1) is 24.4 Å². The van der Waals surface area contributed by atoms with Crippen LogP contribution in [0.3, 0.4) is 0 Å². The van der Waals surface area contributed by atoms with Crippen LogP contribution in [0.15, 0.2) is 23.8 Å². The van der Waals surface area contributed by atoms with Gasteiger partial charge in [-0.05, 0) is 50.1 Å². The molecule has 0 saturated carbocycles. The SMILES string of the molecule is CCOC(=O)c1sc(CC(=O)/C(C#N)=C/c2ccc3c(c2)OCO3)c(C(=O)OCC)c1C. The molecule has 1 aliphatic rings. The average molecular weight is 455 g/mol. The van der Waals surface area contributed by atoms with Crippen molar-refractivity contribution in [3.63, 3.8) is 0 Å². The lowest BCUT2D eigenvalue weighted by Crippen LogP contribution is -2.12. The second-order valence-electron chi connectivity index (χ2n) is 6.68. The van der Waals surface area contributed by atoms with Crippen molar-refractivity contribution < 1.29 is 33.3 Å². The molecule has 32 heavy (non-hydrogen) atoms. The van der Waals surface area contributed by atoms with Gasteiger partial charge in [0.1, 0.15) is 10.9 Å². The quantitative estimate of drug-likeness (QED) is 0.335. The lowest BCUT2D eigenvalue weighted by Gasteiger charge is -2.05. The largest absolute Gasteiger partial charge is 0.462 e. The molecule has 0 fully saturated rings. The summed E-state index contributed by atoms with van der Waals surface area (Å²) in [5, 5.41) is 9.55. The van der Waals surface area contributed by atoms with E-state index in [0.29, 0.717) is 27.5 Å². The molecule has 9 heteroatoms. The number of allylic oxidation sites excluding steroid dienone is 1. The molecule has 1 aromatic carbocycles. The van der Waals surface area contributed by atoms with E-state index < -0.39 is 17.7 Å². The van der Waals surface area contributed by atoms with Crippen LogP contribution >= 0.6 is 11.3 Å². The smallest absolute Gasteiger partial charge is 0.348 e. The molecule has 0 N–H and O–H groups in total. The number of ether oxygens (including phenoxy) is 4. The maximum atomic E-state index is 12.9. The first-order valence-corrected chi connectivity index (χ1v) is 10.7. The Morgan fingerprint density at radius 3 is 2.50 bits per heavy atom. The molecule has 1 aromatic heterocycles. The van der Waals surface area contributed by atoms with Gasteiger partial charge in [0.15, 0.2) is 17.3 Å². The molecule has 3 rings (SSSR count). The number of hydrogen-bond acceptors (Lipinski definition) is 9. The van der Waals surface area contributed by atoms with Crippen LogP contribution in [0.2, 0.25) is 0 Å². The number of fused-ring (bicyclic) bond motifs is 1. The molecular formula is C23H21NO7S. The first-order chi connectivity index (χ1) is 15.4. The van der Waals surface area contributed by atoms with Crippen molar-refractivity contribution in [2.75, 3.05) is 20.0 Å². The highest BCUT2D eigenvalue weighted by Crippen LogP contribution is 2.34. The topological polar surface area (TPSA) is 112 Å². The van der Waals surface area contributed by atoms with Gasteiger partial charge >= 0.3 is 11.9 Å². The summed E-state index contributed by atoms with van der Waals surface area (Å²) < 4.78 is 20.7. The van der Waals surface area contributed by atoms with Crippen molar-refractivity contribution in [1.29, 1.82) is 5.26 Å². The molecule has 166 valence electrons. The number of nitrogens with zero attached hydrogens (tertiary/aromatic N) is 1. The number of Topliss-reactive ketones (excluding diaryl/α,β-unsaturated/α-hetero) is 1. The van der Waals surface area contributed by atoms with E-state index in [9.17, 15) is 19.6 Å². The van der Waals surface area contributed by atoms with Gasteiger partial charge < -0.3 is 18.9 Å². The van der Waals surface area contributed by atoms with Gasteiger partial charge in [0.25, 0.3) is 0 Å². The van der Waals surface area contributed by atoms with Gasteiger partial charge in [0, 0.05) is 11.3 Å². The predicted octanol–water partition coefficient (Wildman–Crippen LogP) is 3.86. The number of ketones is 1. The fraction of sp³-hybridized carbons (Fsp3) is 0.304. The number of rotatable bonds is 8. The summed E-state index contributed by atoms with van der Waals surface area (Å²) in [6.07, 6.45) is 1.21. The lowest BCUT2D eigenvalue weighted by atomic mass is 10.0. The molecule has 0 bridgehead atoms. The van der Waals surface area contributed by atoms with E-state index in [0.717, 1.165) is 11.3 Å². The van der Waals surface area contributed by atoms with E-state index in [1.165, 1.54) is 6.08 Å². The van der Waals surface area contributed by atoms with Crippen molar-refractivity contribution in [3.8, 4) is 17.6 Å². The fourth-order valence-electron chi connectivity index (χ4n) is 3.15. The zero-order valence-corrected chi connectivity index (χ0v) is 18.7. The molecule has 0 saturated heterocycles. The van der Waals surface area contributed by atoms with Crippen LogP contribution in [0.4, 0.5) is 0 Å². The predicted molar refractivity (Wildman–Crippen MR) is 116 cm³/mol. The standard InChI is InChI=1S/C23H21NO7S/c1-4-28-22(26)20-13(3)21(23(27)29-5-2)32-19(20)10-16(25)15(11-24)8-14-6-7-17-18(9-14)31-12-30-17/h6-9H,4-5,10,12H2,1-3H3/b15-8+. The Kier molecular flexibility index (Phi) is 7.28. The van der Waals surface area contributed by atoms with E-state index in [4.69, 9.17) is 18.9 Å². The molecule has 0 radical (unpaired) electrons. The van der Waals surface area contributed by atoms with E-state index >= 15 is 0 Å². The van der Waals surface area contributed by atoms with Crippen LogP contribution < -0.4 is 9.47 Å². The lowest BCUT2D eigenvalue weighted by molar-refractivity contribution is -0.114. The van der Waals surface area contributed by atoms with Gasteiger partial charge in [-0.2, -0.15) is 5.26 Å². The minimum atomic E-state index is -0.627. The normalized spacial score (nSPS) is 12.2. The Hall–Kier alpha value is -3.64. The first-order valence-electron chi connectivity index (χ1n) is 9.90. The molecule has 0 aliphatic carbocycles. The number of benzene rings is 1. The maximum Gasteiger partial charge on any atom is 0.348 e. The zero-order valence-electron chi connectivity index (χ0n) is 17.9. The summed E-state index contributed by atoms with van der Waals surface area (Å²) >= 11 is 0.998. The molecule has 0 unspecified atom stereocenters. The summed E-state index contributed by atoms with van der Waals surface area (Å²) in [6, 6.07) is 6.98. The molecule has 2 aromatic rings. The molecule has 0 spiro atoms. The number of esters is 2. The third-order valence-electron chi connectivity index (χ3n) is 4.61. The summed E-state index contributed by atoms with van der Waals surface area (Å²) in [5.41, 5.74) is 1.06. The van der Waals surface area contributed by atoms with Gasteiger partial charge in [-0.3, -0.25) is 4.79 Å². The Labute approximate surface area is 189 Å². The van der Waals surface area contributed by atoms with E-state index in [1.807, 2.05) is 6.07 Å². The van der Waals surface area contributed by atoms with Crippen LogP contribution in [0.25, 0.3) is 6.08 Å². The average Bonchev–Trinajstić information content (AvgIpc) is 3.36. The van der Waals surface area contributed by atoms with Crippen molar-refractivity contribution >= 4 is 35.1 Å². The first kappa shape index (κ1) is 23.0. The minimum Gasteiger partial charge on any atom is -0.462 e. The number of hydrogen-bond donors (Lipinski definition) is 0. The Morgan fingerprint density at radius 2 is 1.81 bits per heavy atom. The molecule has 1 aliphatic heterocycles. The summed E-state index contributed by atoms with van der Waals surface area (Å²) in [5.74, 6) is -0.575. The third-order valence-corrected chi connectivity index (χ3v) is 5.88. The third kappa shape index (κ3) is 4.81. The second-order valence-corrected chi connectivity index (χ2v) is 7.78. The highest BCUT2D eigenvalue weighted by molar-refractivity contribution is 7.14. The van der Waals surface area contributed by atoms with Crippen molar-refractivity contribution in [2.24, 2.45) is 0 Å². The van der Waals surface area contributed by atoms with Crippen molar-refractivity contribution in [2.45, 2.75) is 27.2 Å². The highest BCUT2D eigenvalue weighted by Gasteiger charge is 2.28. The summed E-state index contributed by atoms with van der Waals surface area (Å²) in [6.45, 7) is 5.39. The van der Waals surface area contributed by atoms with Gasteiger partial charge in [-0.25, -0.2) is 9.59 Å². The van der Waals surface area contributed by atoms with Gasteiger partial charge in [-0.15, -0.1) is 11.3 Å². The number of carbonyl (C=O) groups is 3. The van der Waals surface area contributed by atoms with Crippen LogP contribution in [0.1, 0.15) is 49.9 Å². The van der Waals surface area contributed by atoms with Gasteiger partial charge in [-0.1, -0.05) is 6.07 Å². The molecule has 0 amide bonds. The monoisotopic (exact) mass is 455 g/mol. The van der Waals surface area contributed by atoms with E-state index in [1.54, 1.807) is 39.0 Å². The van der Waals surface area contributed by atoms with Crippen LogP contribution in [0, 0.1) is 18.3 Å². The molecule has 2 heterocycles. The zero-order chi connectivity index (χ0) is 23.3. The minimum absolute atomic E-state index is 0.0950. The van der Waals surface area contributed by atoms with Crippen molar-refractivity contribution in [1.82, 2.24) is 0 Å². The van der Waals surface area contributed by atoms with E-state index in [2.05, 4.69) is 0 Å². The summed E-state index contributed by atoms with van der Waals surface area (Å²) in [4.78, 5) is 38.3. The van der Waals surface area contributed by atoms with Crippen LogP contribution in [-0.4, -0.2) is 37.7 Å². The molecular weight excluding hydrogens is 434 g/mol. The Balaban J connectivity index is 1.92. The molecule has 8 nitrogen and oxygen atoms in total. The number of nitriles is 1. The highest BCUT2D eigenvalue weighted by atomic mass is 32.1. The summed E-state index contributed by atoms with van der Waals surface area (Å²) in [7, 11) is 0. The fourth-order valence-corrected chi connectivity index (χ4v) is 4.33.